The minimum atomic E-state index is -0.732. The molecule has 2 N–H and O–H groups in total. The van der Waals surface area contributed by atoms with E-state index in [9.17, 15) is 9.59 Å². The Morgan fingerprint density at radius 2 is 1.47 bits per heavy atom. The first-order valence-electron chi connectivity index (χ1n) is 11.0. The minimum absolute atomic E-state index is 0.213. The van der Waals surface area contributed by atoms with Gasteiger partial charge < -0.3 is 5.32 Å². The number of carbonyl (C=O) groups is 1. The van der Waals surface area contributed by atoms with Gasteiger partial charge in [-0.1, -0.05) is 54.6 Å². The molecule has 0 bridgehead atoms. The van der Waals surface area contributed by atoms with E-state index in [1.165, 1.54) is 4.68 Å². The molecule has 0 radical (unpaired) electrons. The van der Waals surface area contributed by atoms with Crippen LogP contribution >= 0.6 is 0 Å². The highest BCUT2D eigenvalue weighted by Gasteiger charge is 2.38. The summed E-state index contributed by atoms with van der Waals surface area (Å²) in [5.41, 5.74) is 3.57. The zero-order chi connectivity index (χ0) is 23.2. The van der Waals surface area contributed by atoms with Crippen molar-refractivity contribution in [2.75, 3.05) is 10.2 Å². The molecule has 0 saturated carbocycles. The number of fused-ring (bicyclic) bond motifs is 2. The Balaban J connectivity index is 1.56. The smallest absolute Gasteiger partial charge is 0.278 e. The maximum atomic E-state index is 13.9. The number of rotatable bonds is 3. The zero-order valence-corrected chi connectivity index (χ0v) is 18.4. The number of amides is 1. The summed E-state index contributed by atoms with van der Waals surface area (Å²) in [6.07, 6.45) is -0.732. The molecule has 5 aromatic rings. The Morgan fingerprint density at radius 3 is 2.21 bits per heavy atom. The van der Waals surface area contributed by atoms with E-state index in [1.54, 1.807) is 4.90 Å². The fourth-order valence-corrected chi connectivity index (χ4v) is 4.53. The molecule has 2 aromatic heterocycles. The fraction of sp³-hybridized carbons (Fsp3) is 0.0741. The van der Waals surface area contributed by atoms with E-state index in [0.717, 1.165) is 16.6 Å². The lowest BCUT2D eigenvalue weighted by Gasteiger charge is -2.37. The van der Waals surface area contributed by atoms with Crippen molar-refractivity contribution in [3.8, 4) is 5.69 Å². The van der Waals surface area contributed by atoms with Crippen LogP contribution in [0.2, 0.25) is 0 Å². The van der Waals surface area contributed by atoms with Gasteiger partial charge in [0.2, 0.25) is 0 Å². The molecular formula is C27H21N5O2. The number of benzene rings is 3. The zero-order valence-electron chi connectivity index (χ0n) is 18.4. The quantitative estimate of drug-likeness (QED) is 0.416. The van der Waals surface area contributed by atoms with E-state index in [1.807, 2.05) is 97.9 Å². The highest BCUT2D eigenvalue weighted by Crippen LogP contribution is 2.37. The van der Waals surface area contributed by atoms with Crippen LogP contribution in [-0.4, -0.2) is 20.7 Å². The molecule has 1 atom stereocenters. The Hall–Kier alpha value is -4.65. The van der Waals surface area contributed by atoms with Crippen molar-refractivity contribution in [2.24, 2.45) is 0 Å². The molecule has 0 aliphatic carbocycles. The van der Waals surface area contributed by atoms with Gasteiger partial charge in [0.05, 0.1) is 22.3 Å². The summed E-state index contributed by atoms with van der Waals surface area (Å²) < 4.78 is 1.50. The number of hydrogen-bond acceptors (Lipinski definition) is 4. The van der Waals surface area contributed by atoms with Gasteiger partial charge in [-0.15, -0.1) is 0 Å². The van der Waals surface area contributed by atoms with Crippen LogP contribution in [-0.2, 0) is 0 Å². The van der Waals surface area contributed by atoms with Crippen molar-refractivity contribution >= 4 is 28.3 Å². The SMILES string of the molecule is Cc1[nH]n(-c2ccccc2)c(=O)c1[C@@H]1Nc2nc3ccccc3cc2C(=O)N1c1ccccc1. The van der Waals surface area contributed by atoms with Crippen LogP contribution in [0.3, 0.4) is 0 Å². The molecule has 7 heteroatoms. The van der Waals surface area contributed by atoms with E-state index in [0.29, 0.717) is 28.3 Å². The predicted molar refractivity (Wildman–Crippen MR) is 132 cm³/mol. The number of nitrogens with zero attached hydrogens (tertiary/aromatic N) is 3. The summed E-state index contributed by atoms with van der Waals surface area (Å²) in [5.74, 6) is 0.251. The van der Waals surface area contributed by atoms with Gasteiger partial charge in [-0.3, -0.25) is 19.6 Å². The highest BCUT2D eigenvalue weighted by molar-refractivity contribution is 6.13. The van der Waals surface area contributed by atoms with Crippen LogP contribution in [0.5, 0.6) is 0 Å². The average molecular weight is 447 g/mol. The molecule has 1 aliphatic rings. The van der Waals surface area contributed by atoms with Crippen molar-refractivity contribution in [1.82, 2.24) is 14.8 Å². The largest absolute Gasteiger partial charge is 0.345 e. The molecule has 3 aromatic carbocycles. The van der Waals surface area contributed by atoms with E-state index >= 15 is 0 Å². The van der Waals surface area contributed by atoms with Gasteiger partial charge in [0.15, 0.2) is 0 Å². The molecule has 1 amide bonds. The molecule has 0 fully saturated rings. The second kappa shape index (κ2) is 7.74. The summed E-state index contributed by atoms with van der Waals surface area (Å²) in [7, 11) is 0. The molecule has 34 heavy (non-hydrogen) atoms. The summed E-state index contributed by atoms with van der Waals surface area (Å²) in [5, 5.41) is 7.45. The normalized spacial score (nSPS) is 15.3. The van der Waals surface area contributed by atoms with Gasteiger partial charge in [-0.05, 0) is 43.3 Å². The first-order chi connectivity index (χ1) is 16.6. The summed E-state index contributed by atoms with van der Waals surface area (Å²) >= 11 is 0. The standard InChI is InChI=1S/C27H21N5O2/c1-17-23(27(34)32(30-17)20-13-6-3-7-14-20)25-29-24-21(16-18-10-8-9-15-22(18)28-24)26(33)31(25)19-11-4-2-5-12-19/h2-16,25,30H,1H3,(H,28,29)/t25-/m1/s1. The number of nitrogens with one attached hydrogen (secondary N) is 2. The number of anilines is 2. The lowest BCUT2D eigenvalue weighted by atomic mass is 10.0. The number of aryl methyl sites for hydroxylation is 1. The van der Waals surface area contributed by atoms with Crippen LogP contribution in [0.1, 0.15) is 27.8 Å². The maximum absolute atomic E-state index is 13.9. The van der Waals surface area contributed by atoms with Crippen LogP contribution in [0.4, 0.5) is 11.5 Å². The number of H-pyrrole nitrogens is 1. The van der Waals surface area contributed by atoms with Crippen LogP contribution in [0.15, 0.2) is 95.8 Å². The molecule has 0 saturated heterocycles. The monoisotopic (exact) mass is 447 g/mol. The van der Waals surface area contributed by atoms with Gasteiger partial charge in [0.25, 0.3) is 11.5 Å². The fourth-order valence-electron chi connectivity index (χ4n) is 4.53. The Bertz CT molecular complexity index is 1590. The number of hydrogen-bond donors (Lipinski definition) is 2. The van der Waals surface area contributed by atoms with Crippen molar-refractivity contribution < 1.29 is 4.79 Å². The molecule has 166 valence electrons. The molecular weight excluding hydrogens is 426 g/mol. The van der Waals surface area contributed by atoms with Gasteiger partial charge in [-0.25, -0.2) is 9.67 Å². The van der Waals surface area contributed by atoms with Gasteiger partial charge in [-0.2, -0.15) is 0 Å². The second-order valence-corrected chi connectivity index (χ2v) is 8.26. The van der Waals surface area contributed by atoms with Gasteiger partial charge in [0, 0.05) is 16.8 Å². The van der Waals surface area contributed by atoms with Crippen LogP contribution < -0.4 is 15.8 Å². The second-order valence-electron chi connectivity index (χ2n) is 8.26. The molecule has 7 nitrogen and oxygen atoms in total. The minimum Gasteiger partial charge on any atom is -0.345 e. The third-order valence-electron chi connectivity index (χ3n) is 6.14. The Kier molecular flexibility index (Phi) is 4.55. The number of aromatic amines is 1. The summed E-state index contributed by atoms with van der Waals surface area (Å²) in [6.45, 7) is 1.84. The van der Waals surface area contributed by atoms with Gasteiger partial charge >= 0.3 is 0 Å². The molecule has 6 rings (SSSR count). The lowest BCUT2D eigenvalue weighted by molar-refractivity contribution is 0.0974. The number of aromatic nitrogens is 3. The number of para-hydroxylation sites is 3. The van der Waals surface area contributed by atoms with Crippen LogP contribution in [0, 0.1) is 6.92 Å². The molecule has 0 spiro atoms. The third-order valence-corrected chi connectivity index (χ3v) is 6.14. The Labute approximate surface area is 195 Å². The lowest BCUT2D eigenvalue weighted by Crippen LogP contribution is -2.45. The number of carbonyl (C=O) groups excluding carboxylic acids is 1. The third kappa shape index (κ3) is 3.09. The summed E-state index contributed by atoms with van der Waals surface area (Å²) in [4.78, 5) is 33.8. The van der Waals surface area contributed by atoms with Crippen molar-refractivity contribution in [1.29, 1.82) is 0 Å². The highest BCUT2D eigenvalue weighted by atomic mass is 16.2. The maximum Gasteiger partial charge on any atom is 0.278 e. The van der Waals surface area contributed by atoms with Crippen LogP contribution in [0.25, 0.3) is 16.6 Å². The first-order valence-corrected chi connectivity index (χ1v) is 11.0. The predicted octanol–water partition coefficient (Wildman–Crippen LogP) is 4.79. The van der Waals surface area contributed by atoms with Crippen molar-refractivity contribution in [3.63, 3.8) is 0 Å². The average Bonchev–Trinajstić information content (AvgIpc) is 3.17. The van der Waals surface area contributed by atoms with Crippen molar-refractivity contribution in [2.45, 2.75) is 13.1 Å². The molecule has 3 heterocycles. The van der Waals surface area contributed by atoms with Gasteiger partial charge in [0.1, 0.15) is 12.0 Å². The van der Waals surface area contributed by atoms with E-state index < -0.39 is 6.17 Å². The Morgan fingerprint density at radius 1 is 0.824 bits per heavy atom. The van der Waals surface area contributed by atoms with E-state index in [4.69, 9.17) is 4.98 Å². The molecule has 0 unspecified atom stereocenters. The summed E-state index contributed by atoms with van der Waals surface area (Å²) in [6, 6.07) is 28.3. The van der Waals surface area contributed by atoms with E-state index in [2.05, 4.69) is 10.4 Å². The molecule has 1 aliphatic heterocycles. The van der Waals surface area contributed by atoms with Crippen molar-refractivity contribution in [3.05, 3.63) is 118 Å². The number of pyridine rings is 1. The topological polar surface area (TPSA) is 83.0 Å². The first kappa shape index (κ1) is 20.0. The van der Waals surface area contributed by atoms with E-state index in [-0.39, 0.29) is 11.5 Å².